The summed E-state index contributed by atoms with van der Waals surface area (Å²) in [7, 11) is 1.76. The van der Waals surface area contributed by atoms with Gasteiger partial charge in [-0.3, -0.25) is 0 Å². The van der Waals surface area contributed by atoms with Gasteiger partial charge in [0.25, 0.3) is 0 Å². The van der Waals surface area contributed by atoms with E-state index in [4.69, 9.17) is 4.74 Å². The van der Waals surface area contributed by atoms with Crippen molar-refractivity contribution in [2.24, 2.45) is 0 Å². The van der Waals surface area contributed by atoms with Gasteiger partial charge in [-0.15, -0.1) is 0 Å². The highest BCUT2D eigenvalue weighted by molar-refractivity contribution is 5.46. The number of methoxy groups -OCH3 is 1. The molecule has 0 fully saturated rings. The lowest BCUT2D eigenvalue weighted by atomic mass is 10.00. The maximum Gasteiger partial charge on any atom is 0.125 e. The average molecular weight is 191 g/mol. The van der Waals surface area contributed by atoms with Gasteiger partial charge in [-0.05, 0) is 43.0 Å². The van der Waals surface area contributed by atoms with Gasteiger partial charge in [0.05, 0.1) is 7.11 Å². The van der Waals surface area contributed by atoms with Gasteiger partial charge in [0.15, 0.2) is 0 Å². The number of nitrogens with one attached hydrogen (secondary N) is 1. The molecule has 2 heteroatoms. The van der Waals surface area contributed by atoms with E-state index < -0.39 is 0 Å². The van der Waals surface area contributed by atoms with Crippen LogP contribution in [0.3, 0.4) is 0 Å². The molecule has 76 valence electrons. The predicted octanol–water partition coefficient (Wildman–Crippen LogP) is 2.04. The largest absolute Gasteiger partial charge is 0.496 e. The SMILES string of the molecule is COc1c(C)ccc2c1CCCNC2. The van der Waals surface area contributed by atoms with Crippen LogP contribution in [0.2, 0.25) is 0 Å². The second-order valence-electron chi connectivity index (χ2n) is 3.83. The summed E-state index contributed by atoms with van der Waals surface area (Å²) in [5.74, 6) is 1.09. The molecule has 1 aromatic carbocycles. The summed E-state index contributed by atoms with van der Waals surface area (Å²) in [5.41, 5.74) is 4.04. The van der Waals surface area contributed by atoms with Crippen molar-refractivity contribution in [3.8, 4) is 5.75 Å². The fraction of sp³-hybridized carbons (Fsp3) is 0.500. The zero-order chi connectivity index (χ0) is 9.97. The van der Waals surface area contributed by atoms with Crippen LogP contribution in [0, 0.1) is 6.92 Å². The summed E-state index contributed by atoms with van der Waals surface area (Å²) >= 11 is 0. The molecule has 1 N–H and O–H groups in total. The van der Waals surface area contributed by atoms with Crippen LogP contribution in [0.15, 0.2) is 12.1 Å². The maximum absolute atomic E-state index is 5.47. The smallest absolute Gasteiger partial charge is 0.125 e. The van der Waals surface area contributed by atoms with Crippen LogP contribution in [0.25, 0.3) is 0 Å². The van der Waals surface area contributed by atoms with Gasteiger partial charge in [-0.2, -0.15) is 0 Å². The Kier molecular flexibility index (Phi) is 2.73. The minimum Gasteiger partial charge on any atom is -0.496 e. The molecule has 14 heavy (non-hydrogen) atoms. The summed E-state index contributed by atoms with van der Waals surface area (Å²) in [6.07, 6.45) is 2.33. The molecular weight excluding hydrogens is 174 g/mol. The molecule has 0 aromatic heterocycles. The van der Waals surface area contributed by atoms with E-state index in [0.717, 1.165) is 25.3 Å². The number of benzene rings is 1. The Bertz CT molecular complexity index is 333. The van der Waals surface area contributed by atoms with Gasteiger partial charge in [-0.25, -0.2) is 0 Å². The first-order valence-corrected chi connectivity index (χ1v) is 5.19. The Balaban J connectivity index is 2.48. The first-order valence-electron chi connectivity index (χ1n) is 5.19. The molecule has 2 rings (SSSR count). The summed E-state index contributed by atoms with van der Waals surface area (Å²) < 4.78 is 5.47. The number of rotatable bonds is 1. The molecule has 0 radical (unpaired) electrons. The van der Waals surface area contributed by atoms with E-state index >= 15 is 0 Å². The third-order valence-electron chi connectivity index (χ3n) is 2.85. The average Bonchev–Trinajstić information content (AvgIpc) is 2.42. The van der Waals surface area contributed by atoms with Crippen molar-refractivity contribution in [3.05, 3.63) is 28.8 Å². The minimum absolute atomic E-state index is 0.978. The van der Waals surface area contributed by atoms with Crippen LogP contribution in [-0.2, 0) is 13.0 Å². The first-order chi connectivity index (χ1) is 6.83. The monoisotopic (exact) mass is 191 g/mol. The van der Waals surface area contributed by atoms with Crippen molar-refractivity contribution in [3.63, 3.8) is 0 Å². The highest BCUT2D eigenvalue weighted by Crippen LogP contribution is 2.28. The van der Waals surface area contributed by atoms with Crippen LogP contribution < -0.4 is 10.1 Å². The second kappa shape index (κ2) is 4.01. The van der Waals surface area contributed by atoms with E-state index in [9.17, 15) is 0 Å². The molecule has 0 atom stereocenters. The molecule has 2 nitrogen and oxygen atoms in total. The quantitative estimate of drug-likeness (QED) is 0.733. The summed E-state index contributed by atoms with van der Waals surface area (Å²) in [4.78, 5) is 0. The Labute approximate surface area is 85.3 Å². The van der Waals surface area contributed by atoms with E-state index in [0.29, 0.717) is 0 Å². The summed E-state index contributed by atoms with van der Waals surface area (Å²) in [6.45, 7) is 4.19. The highest BCUT2D eigenvalue weighted by Gasteiger charge is 2.13. The standard InChI is InChI=1S/C12H17NO/c1-9-5-6-10-8-13-7-3-4-11(10)12(9)14-2/h5-6,13H,3-4,7-8H2,1-2H3. The van der Waals surface area contributed by atoms with Crippen LogP contribution in [-0.4, -0.2) is 13.7 Å². The van der Waals surface area contributed by atoms with Crippen molar-refractivity contribution < 1.29 is 4.74 Å². The van der Waals surface area contributed by atoms with Crippen molar-refractivity contribution in [1.29, 1.82) is 0 Å². The van der Waals surface area contributed by atoms with E-state index in [2.05, 4.69) is 24.4 Å². The molecular formula is C12H17NO. The van der Waals surface area contributed by atoms with Crippen molar-refractivity contribution in [2.45, 2.75) is 26.3 Å². The van der Waals surface area contributed by atoms with Crippen LogP contribution in [0.5, 0.6) is 5.75 Å². The summed E-state index contributed by atoms with van der Waals surface area (Å²) in [5, 5.41) is 3.42. The van der Waals surface area contributed by atoms with Crippen molar-refractivity contribution in [1.82, 2.24) is 5.32 Å². The van der Waals surface area contributed by atoms with Gasteiger partial charge in [0, 0.05) is 6.54 Å². The van der Waals surface area contributed by atoms with Gasteiger partial charge in [0.2, 0.25) is 0 Å². The molecule has 0 spiro atoms. The molecule has 0 saturated carbocycles. The lowest BCUT2D eigenvalue weighted by Gasteiger charge is -2.13. The van der Waals surface area contributed by atoms with Crippen LogP contribution in [0.1, 0.15) is 23.1 Å². The Morgan fingerprint density at radius 3 is 3.00 bits per heavy atom. The summed E-state index contributed by atoms with van der Waals surface area (Å²) in [6, 6.07) is 4.36. The van der Waals surface area contributed by atoms with E-state index in [1.165, 1.54) is 23.1 Å². The number of ether oxygens (including phenoxy) is 1. The molecule has 0 unspecified atom stereocenters. The zero-order valence-corrected chi connectivity index (χ0v) is 8.89. The fourth-order valence-corrected chi connectivity index (χ4v) is 2.12. The molecule has 0 saturated heterocycles. The lowest BCUT2D eigenvalue weighted by Crippen LogP contribution is -2.11. The van der Waals surface area contributed by atoms with Crippen molar-refractivity contribution >= 4 is 0 Å². The molecule has 1 aromatic rings. The van der Waals surface area contributed by atoms with Gasteiger partial charge in [0.1, 0.15) is 5.75 Å². The first kappa shape index (κ1) is 9.53. The maximum atomic E-state index is 5.47. The zero-order valence-electron chi connectivity index (χ0n) is 8.89. The molecule has 1 aliphatic heterocycles. The number of fused-ring (bicyclic) bond motifs is 1. The molecule has 0 amide bonds. The number of hydrogen-bond donors (Lipinski definition) is 1. The molecule has 0 aliphatic carbocycles. The second-order valence-corrected chi connectivity index (χ2v) is 3.83. The third kappa shape index (κ3) is 1.62. The van der Waals surface area contributed by atoms with E-state index in [1.807, 2.05) is 0 Å². The van der Waals surface area contributed by atoms with Crippen molar-refractivity contribution in [2.75, 3.05) is 13.7 Å². The molecule has 1 aliphatic rings. The normalized spacial score (nSPS) is 15.9. The fourth-order valence-electron chi connectivity index (χ4n) is 2.12. The lowest BCUT2D eigenvalue weighted by molar-refractivity contribution is 0.406. The van der Waals surface area contributed by atoms with Crippen LogP contribution in [0.4, 0.5) is 0 Å². The minimum atomic E-state index is 0.978. The Morgan fingerprint density at radius 1 is 1.36 bits per heavy atom. The van der Waals surface area contributed by atoms with Gasteiger partial charge in [-0.1, -0.05) is 12.1 Å². The van der Waals surface area contributed by atoms with E-state index in [-0.39, 0.29) is 0 Å². The predicted molar refractivity (Wildman–Crippen MR) is 57.8 cm³/mol. The number of aryl methyl sites for hydroxylation is 1. The molecule has 1 heterocycles. The van der Waals surface area contributed by atoms with Gasteiger partial charge < -0.3 is 10.1 Å². The molecule has 0 bridgehead atoms. The topological polar surface area (TPSA) is 21.3 Å². The van der Waals surface area contributed by atoms with Crippen LogP contribution >= 0.6 is 0 Å². The van der Waals surface area contributed by atoms with Gasteiger partial charge >= 0.3 is 0 Å². The third-order valence-corrected chi connectivity index (χ3v) is 2.85. The number of hydrogen-bond acceptors (Lipinski definition) is 2. The Morgan fingerprint density at radius 2 is 2.21 bits per heavy atom. The highest BCUT2D eigenvalue weighted by atomic mass is 16.5. The Hall–Kier alpha value is -1.02. The van der Waals surface area contributed by atoms with E-state index in [1.54, 1.807) is 7.11 Å².